The Bertz CT molecular complexity index is 348. The van der Waals surface area contributed by atoms with Crippen LogP contribution in [0.2, 0.25) is 0 Å². The van der Waals surface area contributed by atoms with Crippen LogP contribution in [0.15, 0.2) is 17.5 Å². The summed E-state index contributed by atoms with van der Waals surface area (Å²) in [6.45, 7) is 2.09. The summed E-state index contributed by atoms with van der Waals surface area (Å²) in [7, 11) is 0. The van der Waals surface area contributed by atoms with E-state index in [0.29, 0.717) is 6.54 Å². The topological polar surface area (TPSA) is 66.4 Å². The standard InChI is InChI=1S/C11H15NO3S/c1-8(11(14)15)7-10(13)12-5-4-9-3-2-6-16-9/h2-3,6,8H,4-5,7H2,1H3,(H,12,13)(H,14,15). The number of carbonyl (C=O) groups is 2. The minimum Gasteiger partial charge on any atom is -0.481 e. The zero-order valence-corrected chi connectivity index (χ0v) is 9.92. The molecule has 16 heavy (non-hydrogen) atoms. The van der Waals surface area contributed by atoms with E-state index < -0.39 is 11.9 Å². The summed E-state index contributed by atoms with van der Waals surface area (Å²) in [5.74, 6) is -1.76. The maximum absolute atomic E-state index is 11.3. The van der Waals surface area contributed by atoms with Crippen molar-refractivity contribution < 1.29 is 14.7 Å². The maximum atomic E-state index is 11.3. The van der Waals surface area contributed by atoms with Gasteiger partial charge in [0.1, 0.15) is 0 Å². The second-order valence-electron chi connectivity index (χ2n) is 3.62. The first-order chi connectivity index (χ1) is 7.59. The quantitative estimate of drug-likeness (QED) is 0.793. The summed E-state index contributed by atoms with van der Waals surface area (Å²) in [6.07, 6.45) is 0.838. The van der Waals surface area contributed by atoms with Crippen LogP contribution in [0.3, 0.4) is 0 Å². The molecule has 5 heteroatoms. The summed E-state index contributed by atoms with van der Waals surface area (Å²) in [4.78, 5) is 23.0. The number of aliphatic carboxylic acids is 1. The number of hydrogen-bond acceptors (Lipinski definition) is 3. The summed E-state index contributed by atoms with van der Waals surface area (Å²) < 4.78 is 0. The molecular weight excluding hydrogens is 226 g/mol. The van der Waals surface area contributed by atoms with E-state index in [0.717, 1.165) is 6.42 Å². The molecule has 1 heterocycles. The lowest BCUT2D eigenvalue weighted by Crippen LogP contribution is -2.28. The van der Waals surface area contributed by atoms with Crippen molar-refractivity contribution in [3.05, 3.63) is 22.4 Å². The Kier molecular flexibility index (Phi) is 4.98. The third-order valence-electron chi connectivity index (χ3n) is 2.19. The highest BCUT2D eigenvalue weighted by Crippen LogP contribution is 2.08. The fraction of sp³-hybridized carbons (Fsp3) is 0.455. The fourth-order valence-corrected chi connectivity index (χ4v) is 1.93. The molecule has 1 atom stereocenters. The molecule has 0 aliphatic rings. The predicted molar refractivity (Wildman–Crippen MR) is 62.4 cm³/mol. The summed E-state index contributed by atoms with van der Waals surface area (Å²) in [5, 5.41) is 13.3. The van der Waals surface area contributed by atoms with Crippen LogP contribution in [0, 0.1) is 5.92 Å². The van der Waals surface area contributed by atoms with Gasteiger partial charge in [0.25, 0.3) is 0 Å². The lowest BCUT2D eigenvalue weighted by molar-refractivity contribution is -0.143. The molecule has 1 amide bonds. The van der Waals surface area contributed by atoms with Crippen molar-refractivity contribution in [2.45, 2.75) is 19.8 Å². The van der Waals surface area contributed by atoms with Crippen molar-refractivity contribution in [2.75, 3.05) is 6.54 Å². The van der Waals surface area contributed by atoms with E-state index in [2.05, 4.69) is 5.32 Å². The molecule has 1 aromatic heterocycles. The highest BCUT2D eigenvalue weighted by Gasteiger charge is 2.14. The van der Waals surface area contributed by atoms with Gasteiger partial charge in [-0.25, -0.2) is 0 Å². The molecule has 0 saturated heterocycles. The first-order valence-electron chi connectivity index (χ1n) is 5.11. The number of carboxylic acids is 1. The van der Waals surface area contributed by atoms with Gasteiger partial charge in [0, 0.05) is 17.8 Å². The Morgan fingerprint density at radius 3 is 2.88 bits per heavy atom. The van der Waals surface area contributed by atoms with Crippen LogP contribution >= 0.6 is 11.3 Å². The highest BCUT2D eigenvalue weighted by molar-refractivity contribution is 7.09. The third kappa shape index (κ3) is 4.44. The van der Waals surface area contributed by atoms with Crippen molar-refractivity contribution in [2.24, 2.45) is 5.92 Å². The molecule has 0 saturated carbocycles. The second-order valence-corrected chi connectivity index (χ2v) is 4.65. The molecule has 4 nitrogen and oxygen atoms in total. The van der Waals surface area contributed by atoms with Crippen LogP contribution in [0.25, 0.3) is 0 Å². The van der Waals surface area contributed by atoms with Crippen LogP contribution in [-0.2, 0) is 16.0 Å². The number of rotatable bonds is 6. The van der Waals surface area contributed by atoms with Crippen LogP contribution in [0.5, 0.6) is 0 Å². The minimum absolute atomic E-state index is 0.0414. The molecule has 0 aromatic carbocycles. The predicted octanol–water partition coefficient (Wildman–Crippen LogP) is 1.52. The van der Waals surface area contributed by atoms with Gasteiger partial charge in [0.2, 0.25) is 5.91 Å². The van der Waals surface area contributed by atoms with Crippen molar-refractivity contribution in [1.82, 2.24) is 5.32 Å². The van der Waals surface area contributed by atoms with Crippen LogP contribution in [0.4, 0.5) is 0 Å². The molecule has 1 rings (SSSR count). The number of amides is 1. The minimum atomic E-state index is -0.937. The third-order valence-corrected chi connectivity index (χ3v) is 3.12. The van der Waals surface area contributed by atoms with Gasteiger partial charge >= 0.3 is 5.97 Å². The second kappa shape index (κ2) is 6.27. The molecular formula is C11H15NO3S. The molecule has 0 spiro atoms. The molecule has 0 aliphatic heterocycles. The smallest absolute Gasteiger partial charge is 0.306 e. The van der Waals surface area contributed by atoms with Crippen LogP contribution in [-0.4, -0.2) is 23.5 Å². The average Bonchev–Trinajstić information content (AvgIpc) is 2.70. The van der Waals surface area contributed by atoms with Crippen molar-refractivity contribution in [1.29, 1.82) is 0 Å². The van der Waals surface area contributed by atoms with Gasteiger partial charge in [-0.15, -0.1) is 11.3 Å². The van der Waals surface area contributed by atoms with Gasteiger partial charge in [-0.2, -0.15) is 0 Å². The van der Waals surface area contributed by atoms with E-state index in [4.69, 9.17) is 5.11 Å². The van der Waals surface area contributed by atoms with Crippen molar-refractivity contribution >= 4 is 23.2 Å². The number of carbonyl (C=O) groups excluding carboxylic acids is 1. The summed E-state index contributed by atoms with van der Waals surface area (Å²) >= 11 is 1.65. The number of thiophene rings is 1. The van der Waals surface area contributed by atoms with Gasteiger partial charge in [0.15, 0.2) is 0 Å². The molecule has 1 aromatic rings. The summed E-state index contributed by atoms with van der Waals surface area (Å²) in [5.41, 5.74) is 0. The zero-order valence-electron chi connectivity index (χ0n) is 9.10. The van der Waals surface area contributed by atoms with E-state index in [-0.39, 0.29) is 12.3 Å². The maximum Gasteiger partial charge on any atom is 0.306 e. The first-order valence-corrected chi connectivity index (χ1v) is 5.99. The van der Waals surface area contributed by atoms with Gasteiger partial charge < -0.3 is 10.4 Å². The molecule has 2 N–H and O–H groups in total. The van der Waals surface area contributed by atoms with Gasteiger partial charge in [0.05, 0.1) is 5.92 Å². The Morgan fingerprint density at radius 2 is 2.31 bits per heavy atom. The van der Waals surface area contributed by atoms with Gasteiger partial charge in [-0.3, -0.25) is 9.59 Å². The Hall–Kier alpha value is -1.36. The van der Waals surface area contributed by atoms with E-state index in [9.17, 15) is 9.59 Å². The lowest BCUT2D eigenvalue weighted by Gasteiger charge is -2.06. The first kappa shape index (κ1) is 12.7. The highest BCUT2D eigenvalue weighted by atomic mass is 32.1. The van der Waals surface area contributed by atoms with Crippen LogP contribution < -0.4 is 5.32 Å². The SMILES string of the molecule is CC(CC(=O)NCCc1cccs1)C(=O)O. The van der Waals surface area contributed by atoms with E-state index >= 15 is 0 Å². The van der Waals surface area contributed by atoms with Gasteiger partial charge in [-0.05, 0) is 17.9 Å². The molecule has 0 aliphatic carbocycles. The van der Waals surface area contributed by atoms with Crippen molar-refractivity contribution in [3.63, 3.8) is 0 Å². The average molecular weight is 241 g/mol. The summed E-state index contributed by atoms with van der Waals surface area (Å²) in [6, 6.07) is 3.98. The number of hydrogen-bond donors (Lipinski definition) is 2. The monoisotopic (exact) mass is 241 g/mol. The fourth-order valence-electron chi connectivity index (χ4n) is 1.22. The molecule has 0 fully saturated rings. The van der Waals surface area contributed by atoms with E-state index in [1.54, 1.807) is 11.3 Å². The lowest BCUT2D eigenvalue weighted by atomic mass is 10.1. The zero-order chi connectivity index (χ0) is 12.0. The number of carboxylic acid groups (broad SMARTS) is 1. The number of nitrogens with one attached hydrogen (secondary N) is 1. The molecule has 0 bridgehead atoms. The Balaban J connectivity index is 2.18. The molecule has 1 unspecified atom stereocenters. The normalized spacial score (nSPS) is 12.1. The van der Waals surface area contributed by atoms with Crippen LogP contribution in [0.1, 0.15) is 18.2 Å². The Morgan fingerprint density at radius 1 is 1.56 bits per heavy atom. The molecule has 88 valence electrons. The molecule has 0 radical (unpaired) electrons. The largest absolute Gasteiger partial charge is 0.481 e. The van der Waals surface area contributed by atoms with Gasteiger partial charge in [-0.1, -0.05) is 13.0 Å². The Labute approximate surface area is 98.3 Å². The van der Waals surface area contributed by atoms with E-state index in [1.165, 1.54) is 11.8 Å². The van der Waals surface area contributed by atoms with E-state index in [1.807, 2.05) is 17.5 Å². The van der Waals surface area contributed by atoms with Crippen molar-refractivity contribution in [3.8, 4) is 0 Å².